The molecule has 0 radical (unpaired) electrons. The Morgan fingerprint density at radius 2 is 1.69 bits per heavy atom. The molecule has 2 aromatic heterocycles. The minimum atomic E-state index is -3.39. The van der Waals surface area contributed by atoms with Crippen LogP contribution in [0.5, 0.6) is 5.75 Å². The Balaban J connectivity index is 1.57. The van der Waals surface area contributed by atoms with Crippen molar-refractivity contribution >= 4 is 26.9 Å². The summed E-state index contributed by atoms with van der Waals surface area (Å²) in [6.07, 6.45) is 2.07. The van der Waals surface area contributed by atoms with Crippen molar-refractivity contribution < 1.29 is 23.4 Å². The van der Waals surface area contributed by atoms with E-state index in [0.29, 0.717) is 28.0 Å². The van der Waals surface area contributed by atoms with Crippen molar-refractivity contribution in [1.29, 1.82) is 0 Å². The van der Waals surface area contributed by atoms with Gasteiger partial charge in [0.05, 0.1) is 39.7 Å². The number of carbonyl (C=O) groups excluding carboxylic acids is 1. The Kier molecular flexibility index (Phi) is 6.60. The standard InChI is InChI=1S/C25H26N4O5S/c1-14(2)35(33,34)19-10-6-16(7-11-19)21-13-27-24-22(29-21)20(12-26-24)25(32)28-15(3)23(31)17-4-8-18(30)9-5-17/h4-15,23,30-31H,1-3H3,(H,26,27)(H,28,32)/t15-,23-/m1/s1. The van der Waals surface area contributed by atoms with Crippen LogP contribution in [0, 0.1) is 0 Å². The highest BCUT2D eigenvalue weighted by Gasteiger charge is 2.22. The maximum Gasteiger partial charge on any atom is 0.255 e. The number of hydrogen-bond donors (Lipinski definition) is 4. The lowest BCUT2D eigenvalue weighted by Gasteiger charge is -2.20. The third-order valence-corrected chi connectivity index (χ3v) is 7.96. The highest BCUT2D eigenvalue weighted by Crippen LogP contribution is 2.25. The topological polar surface area (TPSA) is 145 Å². The summed E-state index contributed by atoms with van der Waals surface area (Å²) in [4.78, 5) is 25.0. The summed E-state index contributed by atoms with van der Waals surface area (Å²) >= 11 is 0. The number of nitrogens with zero attached hydrogens (tertiary/aromatic N) is 2. The summed E-state index contributed by atoms with van der Waals surface area (Å²) in [5.41, 5.74) is 2.73. The van der Waals surface area contributed by atoms with E-state index in [9.17, 15) is 23.4 Å². The van der Waals surface area contributed by atoms with Crippen molar-refractivity contribution in [2.75, 3.05) is 0 Å². The molecule has 4 aromatic rings. The summed E-state index contributed by atoms with van der Waals surface area (Å²) in [5.74, 6) is -0.353. The summed E-state index contributed by atoms with van der Waals surface area (Å²) < 4.78 is 24.8. The molecule has 9 nitrogen and oxygen atoms in total. The summed E-state index contributed by atoms with van der Waals surface area (Å²) in [5, 5.41) is 22.2. The Hall–Kier alpha value is -3.76. The van der Waals surface area contributed by atoms with E-state index in [0.717, 1.165) is 0 Å². The van der Waals surface area contributed by atoms with E-state index >= 15 is 0 Å². The van der Waals surface area contributed by atoms with E-state index in [1.165, 1.54) is 30.5 Å². The highest BCUT2D eigenvalue weighted by molar-refractivity contribution is 7.92. The van der Waals surface area contributed by atoms with Crippen molar-refractivity contribution in [3.8, 4) is 17.0 Å². The number of nitrogens with one attached hydrogen (secondary N) is 2. The number of sulfone groups is 1. The first kappa shape index (κ1) is 24.4. The average molecular weight is 495 g/mol. The van der Waals surface area contributed by atoms with Crippen molar-refractivity contribution in [2.45, 2.75) is 43.1 Å². The number of phenolic OH excluding ortho intramolecular Hbond substituents is 1. The highest BCUT2D eigenvalue weighted by atomic mass is 32.2. The fourth-order valence-electron chi connectivity index (χ4n) is 3.61. The zero-order valence-corrected chi connectivity index (χ0v) is 20.2. The van der Waals surface area contributed by atoms with Crippen LogP contribution in [0.1, 0.15) is 42.8 Å². The molecule has 2 aromatic carbocycles. The van der Waals surface area contributed by atoms with Crippen LogP contribution < -0.4 is 5.32 Å². The molecule has 4 rings (SSSR count). The molecule has 0 unspecified atom stereocenters. The largest absolute Gasteiger partial charge is 0.508 e. The van der Waals surface area contributed by atoms with E-state index in [4.69, 9.17) is 0 Å². The Morgan fingerprint density at radius 3 is 2.31 bits per heavy atom. The Labute approximate surface area is 202 Å². The number of aromatic hydroxyl groups is 1. The summed E-state index contributed by atoms with van der Waals surface area (Å²) in [7, 11) is -3.39. The number of carbonyl (C=O) groups is 1. The van der Waals surface area contributed by atoms with Gasteiger partial charge in [-0.2, -0.15) is 0 Å². The van der Waals surface area contributed by atoms with Gasteiger partial charge in [-0.3, -0.25) is 4.79 Å². The summed E-state index contributed by atoms with van der Waals surface area (Å²) in [6, 6.07) is 11.9. The smallest absolute Gasteiger partial charge is 0.255 e. The zero-order chi connectivity index (χ0) is 25.3. The van der Waals surface area contributed by atoms with E-state index in [2.05, 4.69) is 20.3 Å². The number of rotatable bonds is 7. The van der Waals surface area contributed by atoms with Gasteiger partial charge in [-0.1, -0.05) is 24.3 Å². The first-order valence-electron chi connectivity index (χ1n) is 11.0. The SMILES string of the molecule is CC(C)S(=O)(=O)c1ccc(-c2cnc3[nH]cc(C(=O)N[C@H](C)[C@@H](O)c4ccc(O)cc4)c3n2)cc1. The quantitative estimate of drug-likeness (QED) is 0.308. The van der Waals surface area contributed by atoms with E-state index < -0.39 is 33.1 Å². The molecule has 35 heavy (non-hydrogen) atoms. The van der Waals surface area contributed by atoms with Gasteiger partial charge in [-0.25, -0.2) is 18.4 Å². The Morgan fingerprint density at radius 1 is 1.03 bits per heavy atom. The maximum absolute atomic E-state index is 13.0. The van der Waals surface area contributed by atoms with Crippen LogP contribution in [0.4, 0.5) is 0 Å². The number of amides is 1. The van der Waals surface area contributed by atoms with Gasteiger partial charge in [-0.05, 0) is 50.6 Å². The van der Waals surface area contributed by atoms with Crippen LogP contribution in [0.15, 0.2) is 65.8 Å². The van der Waals surface area contributed by atoms with Gasteiger partial charge in [0.25, 0.3) is 5.91 Å². The molecule has 0 saturated heterocycles. The van der Waals surface area contributed by atoms with E-state index in [1.54, 1.807) is 51.2 Å². The molecular weight excluding hydrogens is 468 g/mol. The second-order valence-corrected chi connectivity index (χ2v) is 11.1. The normalized spacial score (nSPS) is 13.6. The number of hydrogen-bond acceptors (Lipinski definition) is 7. The molecule has 2 atom stereocenters. The molecule has 0 bridgehead atoms. The Bertz CT molecular complexity index is 1460. The van der Waals surface area contributed by atoms with Gasteiger partial charge in [0.1, 0.15) is 11.3 Å². The van der Waals surface area contributed by atoms with Gasteiger partial charge in [0.2, 0.25) is 0 Å². The van der Waals surface area contributed by atoms with Gasteiger partial charge in [0, 0.05) is 11.8 Å². The van der Waals surface area contributed by atoms with Crippen molar-refractivity contribution in [2.24, 2.45) is 0 Å². The number of aromatic nitrogens is 3. The van der Waals surface area contributed by atoms with Gasteiger partial charge in [0.15, 0.2) is 15.5 Å². The second-order valence-electron chi connectivity index (χ2n) is 8.57. The molecule has 0 saturated carbocycles. The molecule has 10 heteroatoms. The van der Waals surface area contributed by atoms with E-state index in [-0.39, 0.29) is 16.2 Å². The lowest BCUT2D eigenvalue weighted by Crippen LogP contribution is -2.37. The summed E-state index contributed by atoms with van der Waals surface area (Å²) in [6.45, 7) is 4.94. The molecular formula is C25H26N4O5S. The number of fused-ring (bicyclic) bond motifs is 1. The molecule has 0 aliphatic carbocycles. The fourth-order valence-corrected chi connectivity index (χ4v) is 4.67. The molecule has 0 fully saturated rings. The second kappa shape index (κ2) is 9.47. The molecule has 1 amide bonds. The van der Waals surface area contributed by atoms with Crippen LogP contribution in [-0.2, 0) is 9.84 Å². The first-order chi connectivity index (χ1) is 16.6. The van der Waals surface area contributed by atoms with Crippen LogP contribution in [0.3, 0.4) is 0 Å². The monoisotopic (exact) mass is 494 g/mol. The first-order valence-corrected chi connectivity index (χ1v) is 12.6. The minimum Gasteiger partial charge on any atom is -0.508 e. The van der Waals surface area contributed by atoms with Crippen LogP contribution in [0.25, 0.3) is 22.4 Å². The number of H-pyrrole nitrogens is 1. The van der Waals surface area contributed by atoms with Crippen molar-refractivity contribution in [1.82, 2.24) is 20.3 Å². The number of benzene rings is 2. The van der Waals surface area contributed by atoms with E-state index in [1.807, 2.05) is 0 Å². The van der Waals surface area contributed by atoms with Crippen LogP contribution in [-0.4, -0.2) is 50.8 Å². The predicted molar refractivity (Wildman–Crippen MR) is 132 cm³/mol. The number of aliphatic hydroxyl groups is 1. The molecule has 4 N–H and O–H groups in total. The lowest BCUT2D eigenvalue weighted by molar-refractivity contribution is 0.0853. The fraction of sp³-hybridized carbons (Fsp3) is 0.240. The predicted octanol–water partition coefficient (Wildman–Crippen LogP) is 3.36. The zero-order valence-electron chi connectivity index (χ0n) is 19.4. The van der Waals surface area contributed by atoms with Gasteiger partial charge in [-0.15, -0.1) is 0 Å². The van der Waals surface area contributed by atoms with Gasteiger partial charge < -0.3 is 20.5 Å². The molecule has 0 spiro atoms. The average Bonchev–Trinajstić information content (AvgIpc) is 3.27. The molecule has 0 aliphatic rings. The minimum absolute atomic E-state index is 0.0852. The van der Waals surface area contributed by atoms with Gasteiger partial charge >= 0.3 is 0 Å². The van der Waals surface area contributed by atoms with Crippen LogP contribution >= 0.6 is 0 Å². The lowest BCUT2D eigenvalue weighted by atomic mass is 10.0. The van der Waals surface area contributed by atoms with Crippen molar-refractivity contribution in [3.05, 3.63) is 72.1 Å². The van der Waals surface area contributed by atoms with Crippen LogP contribution in [0.2, 0.25) is 0 Å². The number of aromatic amines is 1. The number of aliphatic hydroxyl groups excluding tert-OH is 1. The molecule has 182 valence electrons. The molecule has 2 heterocycles. The third kappa shape index (κ3) is 4.89. The third-order valence-electron chi connectivity index (χ3n) is 5.79. The molecule has 0 aliphatic heterocycles. The maximum atomic E-state index is 13.0. The van der Waals surface area contributed by atoms with Crippen molar-refractivity contribution in [3.63, 3.8) is 0 Å². The number of phenols is 1.